The third-order valence-corrected chi connectivity index (χ3v) is 2.32. The fourth-order valence-electron chi connectivity index (χ4n) is 1.42. The topological polar surface area (TPSA) is 66.0 Å². The Morgan fingerprint density at radius 2 is 2.11 bits per heavy atom. The van der Waals surface area contributed by atoms with Gasteiger partial charge in [-0.05, 0) is 24.3 Å². The molecule has 5 heteroatoms. The average Bonchev–Trinajstić information content (AvgIpc) is 2.91. The van der Waals surface area contributed by atoms with Crippen molar-refractivity contribution >= 4 is 17.7 Å². The van der Waals surface area contributed by atoms with E-state index >= 15 is 0 Å². The van der Waals surface area contributed by atoms with E-state index in [9.17, 15) is 9.18 Å². The first-order valence-electron chi connectivity index (χ1n) is 5.42. The summed E-state index contributed by atoms with van der Waals surface area (Å²) < 4.78 is 18.4. The molecule has 1 aromatic heterocycles. The Kier molecular flexibility index (Phi) is 3.74. The molecule has 1 heterocycles. The van der Waals surface area contributed by atoms with Gasteiger partial charge in [-0.2, -0.15) is 5.26 Å². The molecule has 0 bridgehead atoms. The molecule has 0 atom stereocenters. The smallest absolute Gasteiger partial charge is 0.266 e. The number of nitrogens with zero attached hydrogens (tertiary/aromatic N) is 1. The quantitative estimate of drug-likeness (QED) is 0.678. The second kappa shape index (κ2) is 5.65. The lowest BCUT2D eigenvalue weighted by Crippen LogP contribution is -2.14. The zero-order valence-corrected chi connectivity index (χ0v) is 9.76. The molecule has 1 aromatic carbocycles. The van der Waals surface area contributed by atoms with Crippen molar-refractivity contribution in [1.29, 1.82) is 5.26 Å². The number of halogens is 1. The largest absolute Gasteiger partial charge is 0.465 e. The second-order valence-electron chi connectivity index (χ2n) is 3.62. The van der Waals surface area contributed by atoms with Gasteiger partial charge >= 0.3 is 0 Å². The van der Waals surface area contributed by atoms with Gasteiger partial charge in [0.25, 0.3) is 5.91 Å². The Balaban J connectivity index is 2.19. The van der Waals surface area contributed by atoms with Gasteiger partial charge < -0.3 is 9.73 Å². The third-order valence-electron chi connectivity index (χ3n) is 2.32. The van der Waals surface area contributed by atoms with Crippen LogP contribution >= 0.6 is 0 Å². The number of hydrogen-bond donors (Lipinski definition) is 1. The number of amides is 1. The molecule has 0 spiro atoms. The minimum absolute atomic E-state index is 0.0214. The first-order valence-corrected chi connectivity index (χ1v) is 5.42. The lowest BCUT2D eigenvalue weighted by Gasteiger charge is -2.04. The molecule has 0 aliphatic carbocycles. The molecule has 0 aliphatic rings. The molecule has 1 N–H and O–H groups in total. The van der Waals surface area contributed by atoms with Crippen LogP contribution < -0.4 is 5.32 Å². The molecule has 0 saturated carbocycles. The number of furan rings is 1. The Morgan fingerprint density at radius 3 is 2.74 bits per heavy atom. The molecule has 0 fully saturated rings. The first kappa shape index (κ1) is 12.6. The fourth-order valence-corrected chi connectivity index (χ4v) is 1.42. The lowest BCUT2D eigenvalue weighted by molar-refractivity contribution is -0.112. The molecule has 0 radical (unpaired) electrons. The molecule has 1 amide bonds. The van der Waals surface area contributed by atoms with Gasteiger partial charge in [0.1, 0.15) is 23.2 Å². The summed E-state index contributed by atoms with van der Waals surface area (Å²) in [7, 11) is 0. The van der Waals surface area contributed by atoms with Crippen LogP contribution in [-0.4, -0.2) is 5.91 Å². The summed E-state index contributed by atoms with van der Waals surface area (Å²) in [6, 6.07) is 10.7. The highest BCUT2D eigenvalue weighted by atomic mass is 19.1. The number of anilines is 1. The predicted molar refractivity (Wildman–Crippen MR) is 67.3 cm³/mol. The molecule has 2 rings (SSSR count). The van der Waals surface area contributed by atoms with Crippen LogP contribution in [0.1, 0.15) is 5.76 Å². The van der Waals surface area contributed by atoms with Gasteiger partial charge in [0, 0.05) is 6.08 Å². The summed E-state index contributed by atoms with van der Waals surface area (Å²) in [5.74, 6) is -0.879. The number of carbonyl (C=O) groups excluding carboxylic acids is 1. The monoisotopic (exact) mass is 256 g/mol. The third kappa shape index (κ3) is 3.07. The van der Waals surface area contributed by atoms with E-state index in [4.69, 9.17) is 9.68 Å². The van der Waals surface area contributed by atoms with E-state index in [1.165, 1.54) is 30.5 Å². The van der Waals surface area contributed by atoms with E-state index in [1.807, 2.05) is 0 Å². The van der Waals surface area contributed by atoms with Crippen LogP contribution in [0.4, 0.5) is 10.1 Å². The average molecular weight is 256 g/mol. The molecule has 0 aliphatic heterocycles. The number of para-hydroxylation sites is 1. The number of nitriles is 1. The van der Waals surface area contributed by atoms with E-state index in [2.05, 4.69) is 5.32 Å². The van der Waals surface area contributed by atoms with Crippen LogP contribution in [0, 0.1) is 17.1 Å². The molecule has 19 heavy (non-hydrogen) atoms. The highest BCUT2D eigenvalue weighted by Crippen LogP contribution is 2.14. The van der Waals surface area contributed by atoms with Gasteiger partial charge in [0.05, 0.1) is 12.0 Å². The number of nitrogens with one attached hydrogen (secondary N) is 1. The SMILES string of the molecule is N#CC(=Cc1ccco1)C(=O)Nc1ccccc1F. The van der Waals surface area contributed by atoms with Gasteiger partial charge in [0.2, 0.25) is 0 Å². The Hall–Kier alpha value is -2.87. The van der Waals surface area contributed by atoms with Crippen molar-refractivity contribution in [3.63, 3.8) is 0 Å². The van der Waals surface area contributed by atoms with Crippen molar-refractivity contribution in [3.8, 4) is 6.07 Å². The van der Waals surface area contributed by atoms with Gasteiger partial charge in [-0.3, -0.25) is 4.79 Å². The highest BCUT2D eigenvalue weighted by Gasteiger charge is 2.12. The molecule has 0 saturated heterocycles. The maximum absolute atomic E-state index is 13.4. The number of rotatable bonds is 3. The lowest BCUT2D eigenvalue weighted by atomic mass is 10.2. The molecule has 94 valence electrons. The Bertz CT molecular complexity index is 654. The normalized spacial score (nSPS) is 10.8. The van der Waals surface area contributed by atoms with E-state index < -0.39 is 11.7 Å². The van der Waals surface area contributed by atoms with Crippen LogP contribution in [0.3, 0.4) is 0 Å². The van der Waals surface area contributed by atoms with Crippen LogP contribution in [0.5, 0.6) is 0 Å². The summed E-state index contributed by atoms with van der Waals surface area (Å²) in [6.45, 7) is 0. The number of hydrogen-bond acceptors (Lipinski definition) is 3. The van der Waals surface area contributed by atoms with Crippen LogP contribution in [0.15, 0.2) is 52.7 Å². The van der Waals surface area contributed by atoms with Gasteiger partial charge in [0.15, 0.2) is 0 Å². The van der Waals surface area contributed by atoms with Crippen molar-refractivity contribution < 1.29 is 13.6 Å². The van der Waals surface area contributed by atoms with Crippen molar-refractivity contribution in [2.75, 3.05) is 5.32 Å². The van der Waals surface area contributed by atoms with Crippen molar-refractivity contribution in [2.24, 2.45) is 0 Å². The minimum Gasteiger partial charge on any atom is -0.465 e. The van der Waals surface area contributed by atoms with E-state index in [-0.39, 0.29) is 11.3 Å². The zero-order chi connectivity index (χ0) is 13.7. The van der Waals surface area contributed by atoms with E-state index in [1.54, 1.807) is 24.3 Å². The second-order valence-corrected chi connectivity index (χ2v) is 3.62. The molecule has 0 unspecified atom stereocenters. The Morgan fingerprint density at radius 1 is 1.32 bits per heavy atom. The van der Waals surface area contributed by atoms with Crippen LogP contribution in [0.2, 0.25) is 0 Å². The predicted octanol–water partition coefficient (Wildman–Crippen LogP) is 2.96. The van der Waals surface area contributed by atoms with E-state index in [0.717, 1.165) is 0 Å². The summed E-state index contributed by atoms with van der Waals surface area (Å²) in [6.07, 6.45) is 2.71. The summed E-state index contributed by atoms with van der Waals surface area (Å²) >= 11 is 0. The maximum Gasteiger partial charge on any atom is 0.266 e. The Labute approximate surface area is 108 Å². The molecule has 2 aromatic rings. The van der Waals surface area contributed by atoms with Gasteiger partial charge in [-0.15, -0.1) is 0 Å². The number of carbonyl (C=O) groups is 1. The minimum atomic E-state index is -0.691. The molecular formula is C14H9FN2O2. The zero-order valence-electron chi connectivity index (χ0n) is 9.76. The first-order chi connectivity index (χ1) is 9.20. The van der Waals surface area contributed by atoms with E-state index in [0.29, 0.717) is 5.76 Å². The molecule has 4 nitrogen and oxygen atoms in total. The summed E-state index contributed by atoms with van der Waals surface area (Å²) in [5.41, 5.74) is -0.147. The standard InChI is InChI=1S/C14H9FN2O2/c15-12-5-1-2-6-13(12)17-14(18)10(9-16)8-11-4-3-7-19-11/h1-8H,(H,17,18). The van der Waals surface area contributed by atoms with Crippen molar-refractivity contribution in [2.45, 2.75) is 0 Å². The molecular weight excluding hydrogens is 247 g/mol. The van der Waals surface area contributed by atoms with Gasteiger partial charge in [-0.1, -0.05) is 12.1 Å². The van der Waals surface area contributed by atoms with Crippen molar-refractivity contribution in [3.05, 3.63) is 59.8 Å². The number of benzene rings is 1. The van der Waals surface area contributed by atoms with Crippen molar-refractivity contribution in [1.82, 2.24) is 0 Å². The summed E-state index contributed by atoms with van der Waals surface area (Å²) in [4.78, 5) is 11.8. The fraction of sp³-hybridized carbons (Fsp3) is 0. The summed E-state index contributed by atoms with van der Waals surface area (Å²) in [5, 5.41) is 11.3. The highest BCUT2D eigenvalue weighted by molar-refractivity contribution is 6.09. The van der Waals surface area contributed by atoms with Crippen LogP contribution in [0.25, 0.3) is 6.08 Å². The van der Waals surface area contributed by atoms with Crippen LogP contribution in [-0.2, 0) is 4.79 Å². The van der Waals surface area contributed by atoms with Gasteiger partial charge in [-0.25, -0.2) is 4.39 Å². The maximum atomic E-state index is 13.4.